The predicted molar refractivity (Wildman–Crippen MR) is 86.8 cm³/mol. The second-order valence-electron chi connectivity index (χ2n) is 6.28. The molecule has 0 spiro atoms. The molecule has 24 heavy (non-hydrogen) atoms. The van der Waals surface area contributed by atoms with Gasteiger partial charge in [0.2, 0.25) is 0 Å². The van der Waals surface area contributed by atoms with Crippen molar-refractivity contribution in [1.29, 1.82) is 0 Å². The molecule has 4 heterocycles. The number of nitrogens with one attached hydrogen (secondary N) is 1. The highest BCUT2D eigenvalue weighted by atomic mass is 16.1. The summed E-state index contributed by atoms with van der Waals surface area (Å²) in [7, 11) is 0. The Balaban J connectivity index is 1.55. The van der Waals surface area contributed by atoms with Crippen molar-refractivity contribution in [2.24, 2.45) is 0 Å². The summed E-state index contributed by atoms with van der Waals surface area (Å²) in [5.41, 5.74) is 2.97. The van der Waals surface area contributed by atoms with Gasteiger partial charge in [-0.05, 0) is 27.2 Å². The molecule has 3 aromatic heterocycles. The third-order valence-electron chi connectivity index (χ3n) is 4.39. The van der Waals surface area contributed by atoms with Crippen molar-refractivity contribution in [1.82, 2.24) is 34.7 Å². The van der Waals surface area contributed by atoms with Gasteiger partial charge in [0.05, 0.1) is 23.5 Å². The number of aromatic nitrogens is 6. The standard InChI is InChI=1S/C16H19N7O/c1-9-6-15-17-7-13(10(2)23(15)20-9)16(24)19-12-4-5-14-18-11(3)21-22(14)8-12/h6-7,12H,4-5,8H2,1-3H3,(H,19,24). The average molecular weight is 325 g/mol. The van der Waals surface area contributed by atoms with Crippen LogP contribution in [0.1, 0.15) is 39.8 Å². The largest absolute Gasteiger partial charge is 0.347 e. The van der Waals surface area contributed by atoms with Gasteiger partial charge in [0.15, 0.2) is 5.65 Å². The van der Waals surface area contributed by atoms with Crippen molar-refractivity contribution >= 4 is 11.6 Å². The van der Waals surface area contributed by atoms with Crippen LogP contribution in [-0.2, 0) is 13.0 Å². The first-order valence-electron chi connectivity index (χ1n) is 8.04. The molecule has 0 saturated heterocycles. The summed E-state index contributed by atoms with van der Waals surface area (Å²) in [5, 5.41) is 11.8. The summed E-state index contributed by atoms with van der Waals surface area (Å²) < 4.78 is 3.60. The summed E-state index contributed by atoms with van der Waals surface area (Å²) in [6, 6.07) is 1.94. The molecular weight excluding hydrogens is 306 g/mol. The minimum absolute atomic E-state index is 0.0422. The second-order valence-corrected chi connectivity index (χ2v) is 6.28. The second kappa shape index (κ2) is 5.40. The van der Waals surface area contributed by atoms with Gasteiger partial charge in [0, 0.05) is 24.7 Å². The van der Waals surface area contributed by atoms with Crippen LogP contribution in [0.4, 0.5) is 0 Å². The van der Waals surface area contributed by atoms with Gasteiger partial charge < -0.3 is 5.32 Å². The number of carbonyl (C=O) groups is 1. The number of amides is 1. The Hall–Kier alpha value is -2.77. The van der Waals surface area contributed by atoms with Gasteiger partial charge in [-0.1, -0.05) is 0 Å². The fourth-order valence-electron chi connectivity index (χ4n) is 3.20. The quantitative estimate of drug-likeness (QED) is 0.759. The van der Waals surface area contributed by atoms with Crippen LogP contribution >= 0.6 is 0 Å². The van der Waals surface area contributed by atoms with Crippen LogP contribution < -0.4 is 5.32 Å². The molecule has 0 aliphatic carbocycles. The Morgan fingerprint density at radius 3 is 2.96 bits per heavy atom. The summed E-state index contributed by atoms with van der Waals surface area (Å²) >= 11 is 0. The molecule has 1 atom stereocenters. The maximum absolute atomic E-state index is 12.7. The van der Waals surface area contributed by atoms with E-state index in [1.165, 1.54) is 0 Å². The Kier molecular flexibility index (Phi) is 3.33. The van der Waals surface area contributed by atoms with E-state index in [4.69, 9.17) is 0 Å². The smallest absolute Gasteiger partial charge is 0.254 e. The van der Waals surface area contributed by atoms with Crippen molar-refractivity contribution in [2.75, 3.05) is 0 Å². The zero-order valence-corrected chi connectivity index (χ0v) is 13.9. The first kappa shape index (κ1) is 14.8. The van der Waals surface area contributed by atoms with Crippen molar-refractivity contribution in [3.05, 3.63) is 40.9 Å². The molecule has 1 unspecified atom stereocenters. The summed E-state index contributed by atoms with van der Waals surface area (Å²) in [6.07, 6.45) is 3.30. The van der Waals surface area contributed by atoms with Crippen molar-refractivity contribution in [3.8, 4) is 0 Å². The summed E-state index contributed by atoms with van der Waals surface area (Å²) in [5.74, 6) is 1.64. The number of carbonyl (C=O) groups excluding carboxylic acids is 1. The van der Waals surface area contributed by atoms with E-state index in [2.05, 4.69) is 25.5 Å². The molecule has 124 valence electrons. The molecule has 1 amide bonds. The fraction of sp³-hybridized carbons (Fsp3) is 0.438. The van der Waals surface area contributed by atoms with Gasteiger partial charge in [-0.3, -0.25) is 4.79 Å². The van der Waals surface area contributed by atoms with Gasteiger partial charge in [-0.15, -0.1) is 0 Å². The summed E-state index contributed by atoms with van der Waals surface area (Å²) in [4.78, 5) is 21.4. The molecule has 3 aromatic rings. The summed E-state index contributed by atoms with van der Waals surface area (Å²) in [6.45, 7) is 6.33. The lowest BCUT2D eigenvalue weighted by Crippen LogP contribution is -2.41. The maximum atomic E-state index is 12.7. The Morgan fingerprint density at radius 2 is 2.12 bits per heavy atom. The number of nitrogens with zero attached hydrogens (tertiary/aromatic N) is 6. The first-order valence-corrected chi connectivity index (χ1v) is 8.04. The Labute approximate surface area is 138 Å². The monoisotopic (exact) mass is 325 g/mol. The van der Waals surface area contributed by atoms with E-state index in [0.29, 0.717) is 12.1 Å². The van der Waals surface area contributed by atoms with E-state index in [1.807, 2.05) is 31.5 Å². The molecule has 0 saturated carbocycles. The Morgan fingerprint density at radius 1 is 1.29 bits per heavy atom. The van der Waals surface area contributed by atoms with Crippen LogP contribution in [0.5, 0.6) is 0 Å². The van der Waals surface area contributed by atoms with Crippen LogP contribution in [0, 0.1) is 20.8 Å². The van der Waals surface area contributed by atoms with Crippen LogP contribution in [0.25, 0.3) is 5.65 Å². The number of fused-ring (bicyclic) bond motifs is 2. The molecule has 8 nitrogen and oxygen atoms in total. The highest BCUT2D eigenvalue weighted by molar-refractivity contribution is 5.95. The topological polar surface area (TPSA) is 90.0 Å². The van der Waals surface area contributed by atoms with Crippen molar-refractivity contribution < 1.29 is 4.79 Å². The van der Waals surface area contributed by atoms with E-state index < -0.39 is 0 Å². The van der Waals surface area contributed by atoms with E-state index in [-0.39, 0.29) is 11.9 Å². The number of hydrogen-bond donors (Lipinski definition) is 1. The molecule has 8 heteroatoms. The minimum atomic E-state index is -0.125. The molecule has 1 aliphatic heterocycles. The van der Waals surface area contributed by atoms with E-state index in [9.17, 15) is 4.79 Å². The zero-order valence-electron chi connectivity index (χ0n) is 13.9. The lowest BCUT2D eigenvalue weighted by molar-refractivity contribution is 0.0924. The fourth-order valence-corrected chi connectivity index (χ4v) is 3.20. The maximum Gasteiger partial charge on any atom is 0.254 e. The van der Waals surface area contributed by atoms with Crippen LogP contribution in [0.15, 0.2) is 12.3 Å². The normalized spacial score (nSPS) is 17.0. The van der Waals surface area contributed by atoms with Gasteiger partial charge in [0.1, 0.15) is 11.6 Å². The van der Waals surface area contributed by atoms with Crippen LogP contribution in [0.3, 0.4) is 0 Å². The van der Waals surface area contributed by atoms with Gasteiger partial charge >= 0.3 is 0 Å². The van der Waals surface area contributed by atoms with Gasteiger partial charge in [-0.2, -0.15) is 10.2 Å². The van der Waals surface area contributed by atoms with Crippen molar-refractivity contribution in [3.63, 3.8) is 0 Å². The molecule has 0 aromatic carbocycles. The SMILES string of the molecule is Cc1cc2ncc(C(=O)NC3CCc4nc(C)nn4C3)c(C)n2n1. The molecule has 0 radical (unpaired) electrons. The van der Waals surface area contributed by atoms with E-state index >= 15 is 0 Å². The molecular formula is C16H19N7O. The molecule has 1 aliphatic rings. The molecule has 1 N–H and O–H groups in total. The third kappa shape index (κ3) is 2.44. The lowest BCUT2D eigenvalue weighted by atomic mass is 10.1. The van der Waals surface area contributed by atoms with E-state index in [0.717, 1.165) is 41.5 Å². The number of aryl methyl sites for hydroxylation is 4. The third-order valence-corrected chi connectivity index (χ3v) is 4.39. The molecule has 0 bridgehead atoms. The first-order chi connectivity index (χ1) is 11.5. The average Bonchev–Trinajstić information content (AvgIpc) is 3.08. The van der Waals surface area contributed by atoms with Crippen LogP contribution in [-0.4, -0.2) is 41.3 Å². The predicted octanol–water partition coefficient (Wildman–Crippen LogP) is 0.991. The van der Waals surface area contributed by atoms with Crippen LogP contribution in [0.2, 0.25) is 0 Å². The minimum Gasteiger partial charge on any atom is -0.347 e. The molecule has 0 fully saturated rings. The highest BCUT2D eigenvalue weighted by Gasteiger charge is 2.24. The van der Waals surface area contributed by atoms with Gasteiger partial charge in [0.25, 0.3) is 5.91 Å². The number of rotatable bonds is 2. The van der Waals surface area contributed by atoms with Crippen molar-refractivity contribution in [2.45, 2.75) is 46.2 Å². The van der Waals surface area contributed by atoms with E-state index in [1.54, 1.807) is 10.7 Å². The number of hydrogen-bond acceptors (Lipinski definition) is 5. The Bertz CT molecular complexity index is 939. The zero-order chi connectivity index (χ0) is 16.8. The van der Waals surface area contributed by atoms with Gasteiger partial charge in [-0.25, -0.2) is 19.2 Å². The highest BCUT2D eigenvalue weighted by Crippen LogP contribution is 2.15. The lowest BCUT2D eigenvalue weighted by Gasteiger charge is -2.23. The molecule has 4 rings (SSSR count).